The van der Waals surface area contributed by atoms with Crippen LogP contribution in [-0.2, 0) is 9.59 Å². The molecule has 3 rings (SSSR count). The molecule has 1 N–H and O–H groups in total. The Balaban J connectivity index is 1.91. The van der Waals surface area contributed by atoms with E-state index in [0.29, 0.717) is 5.92 Å². The van der Waals surface area contributed by atoms with E-state index in [1.54, 1.807) is 0 Å². The van der Waals surface area contributed by atoms with Crippen molar-refractivity contribution in [1.29, 1.82) is 0 Å². The minimum absolute atomic E-state index is 0.0767. The fourth-order valence-electron chi connectivity index (χ4n) is 4.26. The molecule has 3 atom stereocenters. The highest BCUT2D eigenvalue weighted by Gasteiger charge is 2.52. The SMILES string of the molecule is CC(C)c1ccc(C(C(=O)NC(C)(C)C)N2C(=O)[C@@H]3CCCC[C@@H]32)cc1. The van der Waals surface area contributed by atoms with Gasteiger partial charge < -0.3 is 10.2 Å². The molecule has 1 heterocycles. The highest BCUT2D eigenvalue weighted by atomic mass is 16.2. The largest absolute Gasteiger partial charge is 0.349 e. The first-order valence-electron chi connectivity index (χ1n) is 9.93. The number of nitrogens with one attached hydrogen (secondary N) is 1. The summed E-state index contributed by atoms with van der Waals surface area (Å²) < 4.78 is 0. The van der Waals surface area contributed by atoms with E-state index in [1.165, 1.54) is 5.56 Å². The van der Waals surface area contributed by atoms with Crippen molar-refractivity contribution in [2.24, 2.45) is 5.92 Å². The molecule has 4 heteroatoms. The van der Waals surface area contributed by atoms with Crippen molar-refractivity contribution in [1.82, 2.24) is 10.2 Å². The molecule has 2 aliphatic rings. The molecule has 1 aliphatic carbocycles. The molecule has 1 saturated carbocycles. The molecule has 4 nitrogen and oxygen atoms in total. The Morgan fingerprint density at radius 2 is 1.65 bits per heavy atom. The lowest BCUT2D eigenvalue weighted by molar-refractivity contribution is -0.169. The molecule has 0 bridgehead atoms. The van der Waals surface area contributed by atoms with Crippen molar-refractivity contribution in [2.45, 2.75) is 83.8 Å². The lowest BCUT2D eigenvalue weighted by Crippen LogP contribution is -2.65. The molecule has 0 aromatic heterocycles. The van der Waals surface area contributed by atoms with Crippen LogP contribution in [0.3, 0.4) is 0 Å². The molecule has 26 heavy (non-hydrogen) atoms. The summed E-state index contributed by atoms with van der Waals surface area (Å²) in [6, 6.07) is 7.90. The molecular formula is C22H32N2O2. The summed E-state index contributed by atoms with van der Waals surface area (Å²) in [5.41, 5.74) is 1.83. The predicted octanol–water partition coefficient (Wildman–Crippen LogP) is 4.17. The van der Waals surface area contributed by atoms with Crippen LogP contribution in [0.25, 0.3) is 0 Å². The van der Waals surface area contributed by atoms with Crippen molar-refractivity contribution in [2.75, 3.05) is 0 Å². The number of likely N-dealkylation sites (tertiary alicyclic amines) is 1. The molecule has 0 spiro atoms. The third-order valence-corrected chi connectivity index (χ3v) is 5.60. The van der Waals surface area contributed by atoms with Gasteiger partial charge in [-0.15, -0.1) is 0 Å². The summed E-state index contributed by atoms with van der Waals surface area (Å²) in [6.07, 6.45) is 4.26. The van der Waals surface area contributed by atoms with Crippen molar-refractivity contribution in [3.05, 3.63) is 35.4 Å². The Labute approximate surface area is 157 Å². The summed E-state index contributed by atoms with van der Waals surface area (Å²) in [4.78, 5) is 27.8. The maximum atomic E-state index is 13.1. The number of β-lactam (4-membered cyclic amide) rings is 1. The first-order chi connectivity index (χ1) is 12.2. The van der Waals surface area contributed by atoms with Gasteiger partial charge in [0.05, 0.1) is 5.92 Å². The van der Waals surface area contributed by atoms with Gasteiger partial charge in [0.15, 0.2) is 0 Å². The van der Waals surface area contributed by atoms with Gasteiger partial charge in [0.1, 0.15) is 6.04 Å². The van der Waals surface area contributed by atoms with Gasteiger partial charge in [-0.25, -0.2) is 0 Å². The number of hydrogen-bond donors (Lipinski definition) is 1. The molecule has 1 aliphatic heterocycles. The monoisotopic (exact) mass is 356 g/mol. The molecular weight excluding hydrogens is 324 g/mol. The van der Waals surface area contributed by atoms with Gasteiger partial charge >= 0.3 is 0 Å². The first-order valence-corrected chi connectivity index (χ1v) is 9.93. The zero-order valence-electron chi connectivity index (χ0n) is 16.7. The second-order valence-corrected chi connectivity index (χ2v) is 9.17. The number of carbonyl (C=O) groups is 2. The Bertz CT molecular complexity index is 672. The molecule has 0 radical (unpaired) electrons. The third kappa shape index (κ3) is 3.65. The molecule has 1 aromatic carbocycles. The van der Waals surface area contributed by atoms with Gasteiger partial charge in [0.2, 0.25) is 11.8 Å². The first kappa shape index (κ1) is 18.9. The Kier molecular flexibility index (Phi) is 5.14. The molecule has 142 valence electrons. The summed E-state index contributed by atoms with van der Waals surface area (Å²) >= 11 is 0. The second-order valence-electron chi connectivity index (χ2n) is 9.17. The topological polar surface area (TPSA) is 49.4 Å². The van der Waals surface area contributed by atoms with E-state index >= 15 is 0 Å². The van der Waals surface area contributed by atoms with Crippen molar-refractivity contribution < 1.29 is 9.59 Å². The second kappa shape index (κ2) is 7.05. The van der Waals surface area contributed by atoms with Crippen LogP contribution in [0.1, 0.15) is 83.4 Å². The van der Waals surface area contributed by atoms with Gasteiger partial charge in [-0.2, -0.15) is 0 Å². The summed E-state index contributed by atoms with van der Waals surface area (Å²) in [7, 11) is 0. The van der Waals surface area contributed by atoms with Crippen molar-refractivity contribution >= 4 is 11.8 Å². The standard InChI is InChI=1S/C22H32N2O2/c1-14(2)15-10-12-16(13-11-15)19(20(25)23-22(3,4)5)24-18-9-7-6-8-17(18)21(24)26/h10-14,17-19H,6-9H2,1-5H3,(H,23,25)/t17-,18+,19?/m1/s1. The highest BCUT2D eigenvalue weighted by molar-refractivity contribution is 5.94. The number of benzene rings is 1. The smallest absolute Gasteiger partial charge is 0.247 e. The van der Waals surface area contributed by atoms with Crippen LogP contribution in [0.5, 0.6) is 0 Å². The summed E-state index contributed by atoms with van der Waals surface area (Å²) in [6.45, 7) is 10.2. The Morgan fingerprint density at radius 1 is 1.08 bits per heavy atom. The van der Waals surface area contributed by atoms with Gasteiger partial charge in [-0.3, -0.25) is 9.59 Å². The lowest BCUT2D eigenvalue weighted by Gasteiger charge is -2.53. The van der Waals surface area contributed by atoms with Crippen LogP contribution in [0.2, 0.25) is 0 Å². The lowest BCUT2D eigenvalue weighted by atomic mass is 9.74. The number of nitrogens with zero attached hydrogens (tertiary/aromatic N) is 1. The number of carbonyl (C=O) groups excluding carboxylic acids is 2. The van der Waals surface area contributed by atoms with Crippen LogP contribution in [0.4, 0.5) is 0 Å². The predicted molar refractivity (Wildman–Crippen MR) is 104 cm³/mol. The number of fused-ring (bicyclic) bond motifs is 1. The van der Waals surface area contributed by atoms with E-state index in [9.17, 15) is 9.59 Å². The maximum Gasteiger partial charge on any atom is 0.247 e. The van der Waals surface area contributed by atoms with Gasteiger partial charge in [0.25, 0.3) is 0 Å². The summed E-state index contributed by atoms with van der Waals surface area (Å²) in [5.74, 6) is 0.645. The van der Waals surface area contributed by atoms with Crippen LogP contribution in [0.15, 0.2) is 24.3 Å². The Hall–Kier alpha value is -1.84. The van der Waals surface area contributed by atoms with E-state index in [-0.39, 0.29) is 29.3 Å². The van der Waals surface area contributed by atoms with Gasteiger partial charge in [-0.05, 0) is 50.7 Å². The zero-order chi connectivity index (χ0) is 19.1. The maximum absolute atomic E-state index is 13.1. The van der Waals surface area contributed by atoms with Crippen molar-refractivity contribution in [3.8, 4) is 0 Å². The number of amides is 2. The fourth-order valence-corrected chi connectivity index (χ4v) is 4.26. The minimum Gasteiger partial charge on any atom is -0.349 e. The van der Waals surface area contributed by atoms with E-state index in [1.807, 2.05) is 37.8 Å². The van der Waals surface area contributed by atoms with Crippen LogP contribution in [-0.4, -0.2) is 28.3 Å². The number of rotatable bonds is 4. The van der Waals surface area contributed by atoms with Crippen molar-refractivity contribution in [3.63, 3.8) is 0 Å². The average molecular weight is 357 g/mol. The quantitative estimate of drug-likeness (QED) is 0.823. The average Bonchev–Trinajstić information content (AvgIpc) is 2.57. The molecule has 1 saturated heterocycles. The normalized spacial score (nSPS) is 24.1. The van der Waals surface area contributed by atoms with E-state index in [2.05, 4.69) is 31.3 Å². The van der Waals surface area contributed by atoms with Crippen LogP contribution in [0, 0.1) is 5.92 Å². The zero-order valence-corrected chi connectivity index (χ0v) is 16.7. The Morgan fingerprint density at radius 3 is 2.23 bits per heavy atom. The third-order valence-electron chi connectivity index (χ3n) is 5.60. The highest BCUT2D eigenvalue weighted by Crippen LogP contribution is 2.43. The van der Waals surface area contributed by atoms with Crippen LogP contribution < -0.4 is 5.32 Å². The fraction of sp³-hybridized carbons (Fsp3) is 0.636. The van der Waals surface area contributed by atoms with Gasteiger partial charge in [-0.1, -0.05) is 51.0 Å². The van der Waals surface area contributed by atoms with E-state index < -0.39 is 6.04 Å². The van der Waals surface area contributed by atoms with E-state index in [0.717, 1.165) is 31.2 Å². The molecule has 1 unspecified atom stereocenters. The van der Waals surface area contributed by atoms with Crippen LogP contribution >= 0.6 is 0 Å². The minimum atomic E-state index is -0.526. The molecule has 1 aromatic rings. The van der Waals surface area contributed by atoms with Gasteiger partial charge in [0, 0.05) is 11.6 Å². The van der Waals surface area contributed by atoms with E-state index in [4.69, 9.17) is 0 Å². The molecule has 2 fully saturated rings. The number of hydrogen-bond acceptors (Lipinski definition) is 2. The summed E-state index contributed by atoms with van der Waals surface area (Å²) in [5, 5.41) is 3.09. The molecule has 2 amide bonds.